The molecule has 0 radical (unpaired) electrons. The van der Waals surface area contributed by atoms with Crippen LogP contribution in [0, 0.1) is 10.8 Å². The summed E-state index contributed by atoms with van der Waals surface area (Å²) in [7, 11) is 0. The van der Waals surface area contributed by atoms with E-state index in [1.807, 2.05) is 45.0 Å². The van der Waals surface area contributed by atoms with Crippen LogP contribution in [-0.4, -0.2) is 5.97 Å². The van der Waals surface area contributed by atoms with Gasteiger partial charge in [-0.25, -0.2) is 0 Å². The van der Waals surface area contributed by atoms with E-state index < -0.39 is 0 Å². The number of hydrogen-bond donors (Lipinski definition) is 0. The van der Waals surface area contributed by atoms with E-state index in [9.17, 15) is 4.79 Å². The highest BCUT2D eigenvalue weighted by atomic mass is 16.5. The largest absolute Gasteiger partial charge is 0.426 e. The van der Waals surface area contributed by atoms with Crippen molar-refractivity contribution >= 4 is 5.97 Å². The van der Waals surface area contributed by atoms with E-state index in [0.717, 1.165) is 12.0 Å². The molecule has 0 bridgehead atoms. The molecule has 2 heteroatoms. The van der Waals surface area contributed by atoms with E-state index in [1.54, 1.807) is 0 Å². The van der Waals surface area contributed by atoms with Gasteiger partial charge in [-0.1, -0.05) is 77.9 Å². The van der Waals surface area contributed by atoms with Gasteiger partial charge in [0.15, 0.2) is 0 Å². The lowest BCUT2D eigenvalue weighted by Gasteiger charge is -2.14. The molecule has 0 aromatic heterocycles. The Morgan fingerprint density at radius 1 is 0.885 bits per heavy atom. The Balaban J connectivity index is 0.00000117. The summed E-state index contributed by atoms with van der Waals surface area (Å²) in [5.41, 5.74) is 3.33. The first-order chi connectivity index (χ1) is 12.2. The van der Waals surface area contributed by atoms with Crippen molar-refractivity contribution in [2.24, 2.45) is 10.8 Å². The minimum absolute atomic E-state index is 0.0438. The first-order valence-electron chi connectivity index (χ1n) is 9.66. The maximum absolute atomic E-state index is 12.3. The molecule has 140 valence electrons. The number of esters is 1. The molecule has 0 spiro atoms. The fourth-order valence-corrected chi connectivity index (χ4v) is 3.18. The molecular formula is C24H32O2. The fraction of sp³-hybridized carbons (Fsp3) is 0.458. The standard InChI is InChI=1S/C22H26O2.C2H6/c1-15(2)16-6-8-17(9-7-16)18-10-12-19(13-11-18)24-20(23)22(5)14-21(22,3)4;1-2/h6-13,15H,14H2,1-5H3;1-2H3. The summed E-state index contributed by atoms with van der Waals surface area (Å²) in [4.78, 5) is 12.3. The maximum Gasteiger partial charge on any atom is 0.317 e. The Hall–Kier alpha value is -2.09. The quantitative estimate of drug-likeness (QED) is 0.444. The van der Waals surface area contributed by atoms with Gasteiger partial charge >= 0.3 is 5.97 Å². The molecule has 0 N–H and O–H groups in total. The molecule has 0 aliphatic heterocycles. The van der Waals surface area contributed by atoms with E-state index in [4.69, 9.17) is 4.74 Å². The van der Waals surface area contributed by atoms with Crippen LogP contribution in [0.3, 0.4) is 0 Å². The van der Waals surface area contributed by atoms with Gasteiger partial charge in [-0.3, -0.25) is 4.79 Å². The Kier molecular flexibility index (Phi) is 5.95. The van der Waals surface area contributed by atoms with Gasteiger partial charge < -0.3 is 4.74 Å². The van der Waals surface area contributed by atoms with Crippen LogP contribution < -0.4 is 4.74 Å². The van der Waals surface area contributed by atoms with Crippen LogP contribution in [0.4, 0.5) is 0 Å². The van der Waals surface area contributed by atoms with E-state index in [1.165, 1.54) is 11.1 Å². The van der Waals surface area contributed by atoms with Crippen LogP contribution in [0.5, 0.6) is 5.75 Å². The molecule has 1 unspecified atom stereocenters. The van der Waals surface area contributed by atoms with Crippen LogP contribution in [0.15, 0.2) is 48.5 Å². The Bertz CT molecular complexity index is 739. The average molecular weight is 353 g/mol. The third kappa shape index (κ3) is 4.00. The van der Waals surface area contributed by atoms with Gasteiger partial charge in [0.1, 0.15) is 5.75 Å². The molecule has 0 amide bonds. The highest BCUT2D eigenvalue weighted by Gasteiger charge is 2.63. The molecule has 1 saturated carbocycles. The summed E-state index contributed by atoms with van der Waals surface area (Å²) in [5.74, 6) is 1.03. The van der Waals surface area contributed by atoms with Crippen LogP contribution in [0.1, 0.15) is 66.4 Å². The number of carbonyl (C=O) groups is 1. The van der Waals surface area contributed by atoms with Crippen molar-refractivity contribution < 1.29 is 9.53 Å². The number of rotatable bonds is 4. The highest BCUT2D eigenvalue weighted by molar-refractivity contribution is 5.83. The van der Waals surface area contributed by atoms with Crippen LogP contribution in [0.2, 0.25) is 0 Å². The predicted octanol–water partition coefficient (Wildman–Crippen LogP) is 6.84. The highest BCUT2D eigenvalue weighted by Crippen LogP contribution is 2.63. The van der Waals surface area contributed by atoms with Crippen molar-refractivity contribution in [3.05, 3.63) is 54.1 Å². The smallest absolute Gasteiger partial charge is 0.317 e. The molecule has 0 saturated heterocycles. The molecule has 2 aromatic carbocycles. The molecule has 1 atom stereocenters. The zero-order valence-electron chi connectivity index (χ0n) is 17.2. The van der Waals surface area contributed by atoms with Gasteiger partial charge in [-0.05, 0) is 53.5 Å². The zero-order chi connectivity index (χ0) is 19.5. The predicted molar refractivity (Wildman–Crippen MR) is 109 cm³/mol. The Morgan fingerprint density at radius 3 is 1.69 bits per heavy atom. The summed E-state index contributed by atoms with van der Waals surface area (Å²) in [6.07, 6.45) is 0.888. The van der Waals surface area contributed by atoms with Gasteiger partial charge in [-0.15, -0.1) is 0 Å². The van der Waals surface area contributed by atoms with Crippen molar-refractivity contribution in [2.75, 3.05) is 0 Å². The lowest BCUT2D eigenvalue weighted by molar-refractivity contribution is -0.141. The summed E-state index contributed by atoms with van der Waals surface area (Å²) < 4.78 is 5.58. The number of benzene rings is 2. The summed E-state index contributed by atoms with van der Waals surface area (Å²) in [6.45, 7) is 14.6. The number of carbonyl (C=O) groups excluding carboxylic acids is 1. The van der Waals surface area contributed by atoms with Crippen molar-refractivity contribution in [1.29, 1.82) is 0 Å². The van der Waals surface area contributed by atoms with Crippen molar-refractivity contribution in [3.8, 4) is 16.9 Å². The monoisotopic (exact) mass is 352 g/mol. The van der Waals surface area contributed by atoms with Gasteiger partial charge in [0.25, 0.3) is 0 Å². The second-order valence-corrected chi connectivity index (χ2v) is 8.08. The Labute approximate surface area is 158 Å². The van der Waals surface area contributed by atoms with Crippen molar-refractivity contribution in [2.45, 2.75) is 60.8 Å². The van der Waals surface area contributed by atoms with Crippen LogP contribution in [-0.2, 0) is 4.79 Å². The third-order valence-electron chi connectivity index (χ3n) is 5.59. The molecule has 2 nitrogen and oxygen atoms in total. The minimum Gasteiger partial charge on any atom is -0.426 e. The first kappa shape index (κ1) is 20.2. The van der Waals surface area contributed by atoms with Crippen molar-refractivity contribution in [3.63, 3.8) is 0 Å². The SMILES string of the molecule is CC.CC(C)c1ccc(-c2ccc(OC(=O)C3(C)CC3(C)C)cc2)cc1. The molecule has 0 heterocycles. The van der Waals surface area contributed by atoms with Gasteiger partial charge in [-0.2, -0.15) is 0 Å². The molecule has 26 heavy (non-hydrogen) atoms. The molecule has 1 aliphatic carbocycles. The molecule has 1 fully saturated rings. The van der Waals surface area contributed by atoms with Crippen molar-refractivity contribution in [1.82, 2.24) is 0 Å². The first-order valence-corrected chi connectivity index (χ1v) is 9.66. The lowest BCUT2D eigenvalue weighted by atomic mass is 9.98. The number of hydrogen-bond acceptors (Lipinski definition) is 2. The van der Waals surface area contributed by atoms with E-state index in [2.05, 4.69) is 52.0 Å². The summed E-state index contributed by atoms with van der Waals surface area (Å²) in [5, 5.41) is 0. The maximum atomic E-state index is 12.3. The van der Waals surface area contributed by atoms with Gasteiger partial charge in [0, 0.05) is 0 Å². The van der Waals surface area contributed by atoms with E-state index in [0.29, 0.717) is 11.7 Å². The Morgan fingerprint density at radius 2 is 1.31 bits per heavy atom. The molecule has 3 rings (SSSR count). The summed E-state index contributed by atoms with van der Waals surface area (Å²) >= 11 is 0. The van der Waals surface area contributed by atoms with Gasteiger partial charge in [0.2, 0.25) is 0 Å². The van der Waals surface area contributed by atoms with Crippen LogP contribution >= 0.6 is 0 Å². The molecular weight excluding hydrogens is 320 g/mol. The molecule has 1 aliphatic rings. The third-order valence-corrected chi connectivity index (χ3v) is 5.59. The van der Waals surface area contributed by atoms with Crippen LogP contribution in [0.25, 0.3) is 11.1 Å². The zero-order valence-corrected chi connectivity index (χ0v) is 17.2. The molecule has 2 aromatic rings. The minimum atomic E-state index is -0.349. The fourth-order valence-electron chi connectivity index (χ4n) is 3.18. The van der Waals surface area contributed by atoms with E-state index in [-0.39, 0.29) is 16.8 Å². The second kappa shape index (κ2) is 7.65. The van der Waals surface area contributed by atoms with E-state index >= 15 is 0 Å². The normalized spacial score (nSPS) is 20.2. The average Bonchev–Trinajstić information content (AvgIpc) is 3.17. The topological polar surface area (TPSA) is 26.3 Å². The lowest BCUT2D eigenvalue weighted by Crippen LogP contribution is -2.23. The summed E-state index contributed by atoms with van der Waals surface area (Å²) in [6, 6.07) is 16.4. The second-order valence-electron chi connectivity index (χ2n) is 8.08. The van der Waals surface area contributed by atoms with Gasteiger partial charge in [0.05, 0.1) is 5.41 Å². The number of ether oxygens (including phenoxy) is 1.